The smallest absolute Gasteiger partial charge is 0.326 e. The first-order valence-electron chi connectivity index (χ1n) is 6.88. The molecule has 2 aromatic rings. The van der Waals surface area contributed by atoms with Gasteiger partial charge >= 0.3 is 6.18 Å². The molecule has 8 heteroatoms. The fraction of sp³-hybridized carbons (Fsp3) is 0.188. The SMILES string of the molecule is CCC(=O)Nc1ccc(Sc2cc(C(F)(F)F)cnc2C#N)cc1. The van der Waals surface area contributed by atoms with Crippen LogP contribution in [-0.4, -0.2) is 10.9 Å². The second-order valence-corrected chi connectivity index (χ2v) is 5.82. The molecule has 1 aromatic carbocycles. The fourth-order valence-electron chi connectivity index (χ4n) is 1.74. The third-order valence-corrected chi connectivity index (χ3v) is 4.01. The van der Waals surface area contributed by atoms with Crippen molar-refractivity contribution in [3.05, 3.63) is 47.8 Å². The van der Waals surface area contributed by atoms with Gasteiger partial charge in [-0.25, -0.2) is 4.98 Å². The first-order chi connectivity index (χ1) is 11.3. The quantitative estimate of drug-likeness (QED) is 0.882. The molecule has 124 valence electrons. The van der Waals surface area contributed by atoms with Crippen LogP contribution < -0.4 is 5.32 Å². The lowest BCUT2D eigenvalue weighted by Crippen LogP contribution is -2.09. The Kier molecular flexibility index (Phi) is 5.46. The largest absolute Gasteiger partial charge is 0.417 e. The molecule has 0 atom stereocenters. The highest BCUT2D eigenvalue weighted by Gasteiger charge is 2.31. The summed E-state index contributed by atoms with van der Waals surface area (Å²) in [5, 5.41) is 11.7. The van der Waals surface area contributed by atoms with Crippen molar-refractivity contribution >= 4 is 23.4 Å². The van der Waals surface area contributed by atoms with Crippen LogP contribution in [0.2, 0.25) is 0 Å². The standard InChI is InChI=1S/C16H12F3N3OS/c1-2-15(23)22-11-3-5-12(6-4-11)24-14-7-10(16(17,18)19)9-21-13(14)8-20/h3-7,9H,2H2,1H3,(H,22,23). The van der Waals surface area contributed by atoms with Crippen LogP contribution in [0.25, 0.3) is 0 Å². The van der Waals surface area contributed by atoms with Crippen LogP contribution in [0, 0.1) is 11.3 Å². The Bertz CT molecular complexity index is 783. The molecule has 0 saturated heterocycles. The van der Waals surface area contributed by atoms with Crippen molar-refractivity contribution in [2.24, 2.45) is 0 Å². The van der Waals surface area contributed by atoms with E-state index in [1.165, 1.54) is 0 Å². The molecule has 1 N–H and O–H groups in total. The zero-order valence-electron chi connectivity index (χ0n) is 12.5. The summed E-state index contributed by atoms with van der Waals surface area (Å²) in [5.74, 6) is -0.135. The molecule has 0 aliphatic carbocycles. The highest BCUT2D eigenvalue weighted by molar-refractivity contribution is 7.99. The minimum Gasteiger partial charge on any atom is -0.326 e. The summed E-state index contributed by atoms with van der Waals surface area (Å²) in [4.78, 5) is 15.6. The predicted octanol–water partition coefficient (Wildman–Crippen LogP) is 4.47. The Labute approximate surface area is 140 Å². The summed E-state index contributed by atoms with van der Waals surface area (Å²) in [6.45, 7) is 1.73. The molecule has 1 heterocycles. The van der Waals surface area contributed by atoms with E-state index >= 15 is 0 Å². The zero-order chi connectivity index (χ0) is 17.7. The van der Waals surface area contributed by atoms with E-state index in [1.807, 2.05) is 0 Å². The summed E-state index contributed by atoms with van der Waals surface area (Å²) < 4.78 is 38.3. The van der Waals surface area contributed by atoms with E-state index in [9.17, 15) is 18.0 Å². The zero-order valence-corrected chi connectivity index (χ0v) is 13.3. The third kappa shape index (κ3) is 4.49. The number of rotatable bonds is 4. The number of carbonyl (C=O) groups excluding carboxylic acids is 1. The van der Waals surface area contributed by atoms with E-state index in [-0.39, 0.29) is 16.5 Å². The molecular formula is C16H12F3N3OS. The van der Waals surface area contributed by atoms with Crippen LogP contribution in [0.3, 0.4) is 0 Å². The van der Waals surface area contributed by atoms with Crippen molar-refractivity contribution in [1.29, 1.82) is 5.26 Å². The van der Waals surface area contributed by atoms with E-state index in [0.29, 0.717) is 23.2 Å². The van der Waals surface area contributed by atoms with Gasteiger partial charge in [0.15, 0.2) is 5.69 Å². The van der Waals surface area contributed by atoms with Crippen LogP contribution in [0.1, 0.15) is 24.6 Å². The van der Waals surface area contributed by atoms with Gasteiger partial charge in [0, 0.05) is 28.1 Å². The number of nitriles is 1. The van der Waals surface area contributed by atoms with Crippen LogP contribution >= 0.6 is 11.8 Å². The minimum atomic E-state index is -4.52. The summed E-state index contributed by atoms with van der Waals surface area (Å²) in [5.41, 5.74) is -0.388. The third-order valence-electron chi connectivity index (χ3n) is 2.97. The van der Waals surface area contributed by atoms with Crippen LogP contribution in [0.5, 0.6) is 0 Å². The van der Waals surface area contributed by atoms with Crippen molar-refractivity contribution < 1.29 is 18.0 Å². The maximum atomic E-state index is 12.8. The van der Waals surface area contributed by atoms with Gasteiger partial charge < -0.3 is 5.32 Å². The van der Waals surface area contributed by atoms with Gasteiger partial charge in [-0.1, -0.05) is 18.7 Å². The number of benzene rings is 1. The number of nitrogens with one attached hydrogen (secondary N) is 1. The monoisotopic (exact) mass is 351 g/mol. The maximum Gasteiger partial charge on any atom is 0.417 e. The van der Waals surface area contributed by atoms with Crippen molar-refractivity contribution in [2.75, 3.05) is 5.32 Å². The number of pyridine rings is 1. The minimum absolute atomic E-state index is 0.0728. The molecule has 0 unspecified atom stereocenters. The summed E-state index contributed by atoms with van der Waals surface area (Å²) in [7, 11) is 0. The molecule has 0 aliphatic rings. The molecule has 0 fully saturated rings. The molecule has 0 saturated carbocycles. The average Bonchev–Trinajstić information content (AvgIpc) is 2.55. The lowest BCUT2D eigenvalue weighted by molar-refractivity contribution is -0.138. The summed E-state index contributed by atoms with van der Waals surface area (Å²) in [6, 6.07) is 9.27. The van der Waals surface area contributed by atoms with Gasteiger partial charge in [0.1, 0.15) is 6.07 Å². The van der Waals surface area contributed by atoms with E-state index in [4.69, 9.17) is 5.26 Å². The van der Waals surface area contributed by atoms with E-state index in [2.05, 4.69) is 10.3 Å². The molecule has 1 amide bonds. The van der Waals surface area contributed by atoms with Crippen molar-refractivity contribution in [2.45, 2.75) is 29.3 Å². The van der Waals surface area contributed by atoms with Crippen molar-refractivity contribution in [3.63, 3.8) is 0 Å². The molecule has 1 aromatic heterocycles. The lowest BCUT2D eigenvalue weighted by Gasteiger charge is -2.10. The van der Waals surface area contributed by atoms with E-state index < -0.39 is 11.7 Å². The fourth-order valence-corrected chi connectivity index (χ4v) is 2.65. The number of anilines is 1. The Morgan fingerprint density at radius 3 is 2.54 bits per heavy atom. The number of aromatic nitrogens is 1. The number of hydrogen-bond acceptors (Lipinski definition) is 4. The van der Waals surface area contributed by atoms with Gasteiger partial charge in [-0.3, -0.25) is 4.79 Å². The number of amides is 1. The number of halogens is 3. The van der Waals surface area contributed by atoms with Gasteiger partial charge in [0.2, 0.25) is 5.91 Å². The number of hydrogen-bond donors (Lipinski definition) is 1. The van der Waals surface area contributed by atoms with Crippen LogP contribution in [0.15, 0.2) is 46.3 Å². The van der Waals surface area contributed by atoms with Crippen LogP contribution in [0.4, 0.5) is 18.9 Å². The first kappa shape index (κ1) is 17.8. The molecule has 2 rings (SSSR count). The number of nitrogens with zero attached hydrogens (tertiary/aromatic N) is 2. The molecule has 0 aliphatic heterocycles. The Hall–Kier alpha value is -2.53. The Morgan fingerprint density at radius 2 is 2.00 bits per heavy atom. The number of carbonyl (C=O) groups is 1. The highest BCUT2D eigenvalue weighted by atomic mass is 32.2. The van der Waals surface area contributed by atoms with Gasteiger partial charge in [-0.2, -0.15) is 18.4 Å². The predicted molar refractivity (Wildman–Crippen MR) is 83.4 cm³/mol. The van der Waals surface area contributed by atoms with Gasteiger partial charge in [-0.15, -0.1) is 0 Å². The molecule has 0 spiro atoms. The van der Waals surface area contributed by atoms with E-state index in [1.54, 1.807) is 37.3 Å². The first-order valence-corrected chi connectivity index (χ1v) is 7.70. The second-order valence-electron chi connectivity index (χ2n) is 4.71. The number of alkyl halides is 3. The maximum absolute atomic E-state index is 12.8. The highest BCUT2D eigenvalue weighted by Crippen LogP contribution is 2.35. The van der Waals surface area contributed by atoms with Gasteiger partial charge in [0.25, 0.3) is 0 Å². The second kappa shape index (κ2) is 7.36. The van der Waals surface area contributed by atoms with Crippen molar-refractivity contribution in [3.8, 4) is 6.07 Å². The topological polar surface area (TPSA) is 65.8 Å². The normalized spacial score (nSPS) is 11.0. The Balaban J connectivity index is 2.24. The molecule has 24 heavy (non-hydrogen) atoms. The average molecular weight is 351 g/mol. The lowest BCUT2D eigenvalue weighted by atomic mass is 10.2. The summed E-state index contributed by atoms with van der Waals surface area (Å²) >= 11 is 1.00. The molecule has 0 radical (unpaired) electrons. The van der Waals surface area contributed by atoms with Gasteiger partial charge in [-0.05, 0) is 30.3 Å². The molecule has 4 nitrogen and oxygen atoms in total. The molecule has 0 bridgehead atoms. The van der Waals surface area contributed by atoms with E-state index in [0.717, 1.165) is 17.8 Å². The Morgan fingerprint density at radius 1 is 1.33 bits per heavy atom. The van der Waals surface area contributed by atoms with Crippen molar-refractivity contribution in [1.82, 2.24) is 4.98 Å². The van der Waals surface area contributed by atoms with Gasteiger partial charge in [0.05, 0.1) is 5.56 Å². The summed E-state index contributed by atoms with van der Waals surface area (Å²) in [6.07, 6.45) is -3.53. The van der Waals surface area contributed by atoms with Crippen LogP contribution in [-0.2, 0) is 11.0 Å². The molecular weight excluding hydrogens is 339 g/mol.